The topological polar surface area (TPSA) is 35.2 Å². The van der Waals surface area contributed by atoms with E-state index in [4.69, 9.17) is 10.5 Å². The van der Waals surface area contributed by atoms with Crippen LogP contribution >= 0.6 is 15.9 Å². The van der Waals surface area contributed by atoms with E-state index in [9.17, 15) is 0 Å². The molecule has 0 aromatic heterocycles. The van der Waals surface area contributed by atoms with Crippen LogP contribution in [-0.2, 0) is 6.42 Å². The molecule has 1 unspecified atom stereocenters. The van der Waals surface area contributed by atoms with Gasteiger partial charge in [0.05, 0.1) is 7.11 Å². The molecule has 1 aliphatic carbocycles. The summed E-state index contributed by atoms with van der Waals surface area (Å²) in [5.74, 6) is 3.29. The molecule has 1 atom stereocenters. The summed E-state index contributed by atoms with van der Waals surface area (Å²) in [6, 6.07) is 6.38. The molecule has 1 saturated carbocycles. The third-order valence-corrected chi connectivity index (χ3v) is 5.85. The van der Waals surface area contributed by atoms with Gasteiger partial charge in [-0.2, -0.15) is 0 Å². The van der Waals surface area contributed by atoms with Crippen LogP contribution in [0.5, 0.6) is 5.75 Å². The Bertz CT molecular complexity index is 453. The molecule has 1 aromatic carbocycles. The van der Waals surface area contributed by atoms with Gasteiger partial charge < -0.3 is 10.5 Å². The first-order valence-corrected chi connectivity index (χ1v) is 8.88. The standard InChI is InChI=1S/C18H28BrNO/c1-12(2)13-4-6-14(7-5-13)18(20)11-15-10-16(21-3)8-9-17(15)19/h8-10,12-14,18H,4-7,11,20H2,1-3H3. The van der Waals surface area contributed by atoms with Crippen molar-refractivity contribution in [2.24, 2.45) is 23.5 Å². The molecule has 0 saturated heterocycles. The summed E-state index contributed by atoms with van der Waals surface area (Å²) in [5, 5.41) is 0. The first-order chi connectivity index (χ1) is 10.0. The van der Waals surface area contributed by atoms with Gasteiger partial charge in [-0.25, -0.2) is 0 Å². The molecule has 2 nitrogen and oxygen atoms in total. The minimum atomic E-state index is 0.251. The van der Waals surface area contributed by atoms with Crippen LogP contribution in [0.25, 0.3) is 0 Å². The Morgan fingerprint density at radius 1 is 1.19 bits per heavy atom. The van der Waals surface area contributed by atoms with Crippen LogP contribution in [0.1, 0.15) is 45.1 Å². The predicted octanol–water partition coefficient (Wildman–Crippen LogP) is 4.79. The first-order valence-electron chi connectivity index (χ1n) is 8.09. The fourth-order valence-electron chi connectivity index (χ4n) is 3.49. The molecule has 2 N–H and O–H groups in total. The molecule has 1 aromatic rings. The molecule has 0 amide bonds. The highest BCUT2D eigenvalue weighted by molar-refractivity contribution is 9.10. The van der Waals surface area contributed by atoms with Crippen molar-refractivity contribution < 1.29 is 4.74 Å². The average Bonchev–Trinajstić information content (AvgIpc) is 2.49. The smallest absolute Gasteiger partial charge is 0.119 e. The van der Waals surface area contributed by atoms with Gasteiger partial charge in [0.25, 0.3) is 0 Å². The minimum Gasteiger partial charge on any atom is -0.497 e. The second kappa shape index (κ2) is 7.64. The number of hydrogen-bond donors (Lipinski definition) is 1. The fraction of sp³-hybridized carbons (Fsp3) is 0.667. The van der Waals surface area contributed by atoms with E-state index in [1.54, 1.807) is 7.11 Å². The summed E-state index contributed by atoms with van der Waals surface area (Å²) in [7, 11) is 1.71. The lowest BCUT2D eigenvalue weighted by atomic mass is 9.74. The zero-order chi connectivity index (χ0) is 15.4. The molecule has 1 aliphatic rings. The molecule has 0 spiro atoms. The molecule has 3 heteroatoms. The maximum atomic E-state index is 6.50. The van der Waals surface area contributed by atoms with E-state index in [0.29, 0.717) is 5.92 Å². The SMILES string of the molecule is COc1ccc(Br)c(CC(N)C2CCC(C(C)C)CC2)c1. The number of halogens is 1. The first kappa shape index (κ1) is 16.8. The summed E-state index contributed by atoms with van der Waals surface area (Å²) >= 11 is 3.63. The van der Waals surface area contributed by atoms with Gasteiger partial charge in [0, 0.05) is 10.5 Å². The fourth-order valence-corrected chi connectivity index (χ4v) is 3.90. The van der Waals surface area contributed by atoms with Crippen LogP contribution in [0.15, 0.2) is 22.7 Å². The third-order valence-electron chi connectivity index (χ3n) is 5.07. The van der Waals surface area contributed by atoms with E-state index in [2.05, 4.69) is 41.9 Å². The van der Waals surface area contributed by atoms with Crippen LogP contribution in [-0.4, -0.2) is 13.2 Å². The Morgan fingerprint density at radius 3 is 2.38 bits per heavy atom. The van der Waals surface area contributed by atoms with Gasteiger partial charge in [-0.1, -0.05) is 29.8 Å². The van der Waals surface area contributed by atoms with E-state index in [0.717, 1.165) is 28.5 Å². The van der Waals surface area contributed by atoms with E-state index >= 15 is 0 Å². The Hall–Kier alpha value is -0.540. The van der Waals surface area contributed by atoms with Crippen molar-refractivity contribution in [3.63, 3.8) is 0 Å². The zero-order valence-corrected chi connectivity index (χ0v) is 15.0. The molecule has 118 valence electrons. The lowest BCUT2D eigenvalue weighted by Crippen LogP contribution is -2.35. The highest BCUT2D eigenvalue weighted by atomic mass is 79.9. The van der Waals surface area contributed by atoms with Crippen molar-refractivity contribution in [1.82, 2.24) is 0 Å². The second-order valence-corrected chi connectivity index (χ2v) is 7.60. The number of ether oxygens (including phenoxy) is 1. The predicted molar refractivity (Wildman–Crippen MR) is 92.7 cm³/mol. The van der Waals surface area contributed by atoms with Crippen molar-refractivity contribution >= 4 is 15.9 Å². The largest absolute Gasteiger partial charge is 0.497 e. The summed E-state index contributed by atoms with van der Waals surface area (Å²) in [5.41, 5.74) is 7.76. The lowest BCUT2D eigenvalue weighted by molar-refractivity contribution is 0.202. The van der Waals surface area contributed by atoms with E-state index < -0.39 is 0 Å². The van der Waals surface area contributed by atoms with Gasteiger partial charge in [0.2, 0.25) is 0 Å². The molecule has 1 fully saturated rings. The summed E-state index contributed by atoms with van der Waals surface area (Å²) in [6.07, 6.45) is 6.18. The quantitative estimate of drug-likeness (QED) is 0.825. The van der Waals surface area contributed by atoms with Gasteiger partial charge in [-0.3, -0.25) is 0 Å². The molecule has 2 rings (SSSR count). The summed E-state index contributed by atoms with van der Waals surface area (Å²) < 4.78 is 6.45. The normalized spacial score (nSPS) is 24.1. The van der Waals surface area contributed by atoms with E-state index in [-0.39, 0.29) is 6.04 Å². The number of nitrogens with two attached hydrogens (primary N) is 1. The Morgan fingerprint density at radius 2 is 1.81 bits per heavy atom. The highest BCUT2D eigenvalue weighted by Gasteiger charge is 2.27. The Kier molecular flexibility index (Phi) is 6.12. The van der Waals surface area contributed by atoms with E-state index in [1.807, 2.05) is 6.07 Å². The van der Waals surface area contributed by atoms with Crippen molar-refractivity contribution in [2.45, 2.75) is 52.0 Å². The van der Waals surface area contributed by atoms with Crippen molar-refractivity contribution in [3.8, 4) is 5.75 Å². The molecule has 0 aliphatic heterocycles. The maximum absolute atomic E-state index is 6.50. The van der Waals surface area contributed by atoms with Crippen molar-refractivity contribution in [2.75, 3.05) is 7.11 Å². The van der Waals surface area contributed by atoms with E-state index in [1.165, 1.54) is 31.2 Å². The van der Waals surface area contributed by atoms with Crippen LogP contribution in [0, 0.1) is 17.8 Å². The number of methoxy groups -OCH3 is 1. The zero-order valence-electron chi connectivity index (χ0n) is 13.4. The maximum Gasteiger partial charge on any atom is 0.119 e. The Balaban J connectivity index is 1.94. The highest BCUT2D eigenvalue weighted by Crippen LogP contribution is 2.35. The molecular formula is C18H28BrNO. The van der Waals surface area contributed by atoms with Crippen molar-refractivity contribution in [3.05, 3.63) is 28.2 Å². The van der Waals surface area contributed by atoms with Crippen LogP contribution in [0.3, 0.4) is 0 Å². The molecule has 0 bridgehead atoms. The van der Waals surface area contributed by atoms with Gasteiger partial charge in [0.1, 0.15) is 5.75 Å². The molecule has 0 radical (unpaired) electrons. The molecule has 0 heterocycles. The number of rotatable bonds is 5. The summed E-state index contributed by atoms with van der Waals surface area (Å²) in [6.45, 7) is 4.69. The minimum absolute atomic E-state index is 0.251. The van der Waals surface area contributed by atoms with Gasteiger partial charge in [-0.15, -0.1) is 0 Å². The van der Waals surface area contributed by atoms with Crippen LogP contribution in [0.4, 0.5) is 0 Å². The third kappa shape index (κ3) is 4.46. The van der Waals surface area contributed by atoms with Gasteiger partial charge >= 0.3 is 0 Å². The lowest BCUT2D eigenvalue weighted by Gasteiger charge is -2.34. The van der Waals surface area contributed by atoms with Gasteiger partial charge in [-0.05, 0) is 73.6 Å². The molecule has 21 heavy (non-hydrogen) atoms. The summed E-state index contributed by atoms with van der Waals surface area (Å²) in [4.78, 5) is 0. The Labute approximate surface area is 137 Å². The van der Waals surface area contributed by atoms with Crippen molar-refractivity contribution in [1.29, 1.82) is 0 Å². The number of benzene rings is 1. The van der Waals surface area contributed by atoms with Crippen LogP contribution in [0.2, 0.25) is 0 Å². The number of hydrogen-bond acceptors (Lipinski definition) is 2. The monoisotopic (exact) mass is 353 g/mol. The van der Waals surface area contributed by atoms with Crippen LogP contribution < -0.4 is 10.5 Å². The molecular weight excluding hydrogens is 326 g/mol. The van der Waals surface area contributed by atoms with Gasteiger partial charge in [0.15, 0.2) is 0 Å². The second-order valence-electron chi connectivity index (χ2n) is 6.74. The average molecular weight is 354 g/mol.